The van der Waals surface area contributed by atoms with Crippen LogP contribution in [0.5, 0.6) is 5.75 Å². The van der Waals surface area contributed by atoms with Crippen LogP contribution in [0, 0.1) is 0 Å². The summed E-state index contributed by atoms with van der Waals surface area (Å²) in [5, 5.41) is 2.85. The third kappa shape index (κ3) is 6.06. The monoisotopic (exact) mass is 262 g/mol. The number of nitrogens with one attached hydrogen (secondary N) is 1. The lowest BCUT2D eigenvalue weighted by Crippen LogP contribution is -2.25. The zero-order valence-electron chi connectivity index (χ0n) is 11.8. The van der Waals surface area contributed by atoms with Crippen LogP contribution in [0.1, 0.15) is 12.0 Å². The van der Waals surface area contributed by atoms with Crippen LogP contribution in [0.2, 0.25) is 0 Å². The van der Waals surface area contributed by atoms with Gasteiger partial charge in [-0.3, -0.25) is 4.79 Å². The van der Waals surface area contributed by atoms with Gasteiger partial charge in [-0.15, -0.1) is 0 Å². The SMILES string of the molecule is COc1ccccc1/C=C/C(=O)NCCCN(C)C. The highest BCUT2D eigenvalue weighted by atomic mass is 16.5. The molecule has 1 N–H and O–H groups in total. The number of benzene rings is 1. The van der Waals surface area contributed by atoms with Gasteiger partial charge in [-0.25, -0.2) is 0 Å². The van der Waals surface area contributed by atoms with Gasteiger partial charge in [0.05, 0.1) is 7.11 Å². The molecule has 1 amide bonds. The summed E-state index contributed by atoms with van der Waals surface area (Å²) in [5.74, 6) is 0.684. The summed E-state index contributed by atoms with van der Waals surface area (Å²) in [7, 11) is 5.65. The molecule has 0 heterocycles. The Balaban J connectivity index is 2.41. The van der Waals surface area contributed by atoms with E-state index < -0.39 is 0 Å². The minimum Gasteiger partial charge on any atom is -0.496 e. The molecule has 0 bridgehead atoms. The van der Waals surface area contributed by atoms with Crippen molar-refractivity contribution in [2.75, 3.05) is 34.3 Å². The predicted molar refractivity (Wildman–Crippen MR) is 78.2 cm³/mol. The van der Waals surface area contributed by atoms with Gasteiger partial charge in [0.1, 0.15) is 5.75 Å². The molecule has 104 valence electrons. The minimum atomic E-state index is -0.0790. The number of methoxy groups -OCH3 is 1. The van der Waals surface area contributed by atoms with Crippen molar-refractivity contribution in [3.05, 3.63) is 35.9 Å². The Morgan fingerprint density at radius 3 is 2.79 bits per heavy atom. The Morgan fingerprint density at radius 2 is 2.11 bits per heavy atom. The van der Waals surface area contributed by atoms with Crippen molar-refractivity contribution in [2.24, 2.45) is 0 Å². The van der Waals surface area contributed by atoms with Crippen molar-refractivity contribution < 1.29 is 9.53 Å². The van der Waals surface area contributed by atoms with Gasteiger partial charge in [-0.2, -0.15) is 0 Å². The Morgan fingerprint density at radius 1 is 1.37 bits per heavy atom. The highest BCUT2D eigenvalue weighted by Crippen LogP contribution is 2.18. The van der Waals surface area contributed by atoms with E-state index in [0.29, 0.717) is 6.54 Å². The zero-order valence-corrected chi connectivity index (χ0v) is 11.8. The summed E-state index contributed by atoms with van der Waals surface area (Å²) in [6.07, 6.45) is 4.24. The van der Waals surface area contributed by atoms with Crippen LogP contribution in [0.15, 0.2) is 30.3 Å². The van der Waals surface area contributed by atoms with Crippen LogP contribution in [-0.2, 0) is 4.79 Å². The number of carbonyl (C=O) groups is 1. The maximum absolute atomic E-state index is 11.6. The number of rotatable bonds is 7. The topological polar surface area (TPSA) is 41.6 Å². The molecule has 0 aliphatic heterocycles. The highest BCUT2D eigenvalue weighted by Gasteiger charge is 1.99. The summed E-state index contributed by atoms with van der Waals surface area (Å²) in [6, 6.07) is 7.60. The number of ether oxygens (including phenoxy) is 1. The molecule has 0 spiro atoms. The second-order valence-corrected chi connectivity index (χ2v) is 4.52. The molecular weight excluding hydrogens is 240 g/mol. The summed E-state index contributed by atoms with van der Waals surface area (Å²) in [5.41, 5.74) is 0.897. The predicted octanol–water partition coefficient (Wildman–Crippen LogP) is 1.78. The van der Waals surface area contributed by atoms with Gasteiger partial charge in [0.15, 0.2) is 0 Å². The lowest BCUT2D eigenvalue weighted by molar-refractivity contribution is -0.116. The maximum atomic E-state index is 11.6. The Labute approximate surface area is 115 Å². The molecule has 4 nitrogen and oxygen atoms in total. The van der Waals surface area contributed by atoms with Crippen LogP contribution in [0.4, 0.5) is 0 Å². The van der Waals surface area contributed by atoms with Crippen molar-refractivity contribution in [2.45, 2.75) is 6.42 Å². The second kappa shape index (κ2) is 8.32. The first-order valence-corrected chi connectivity index (χ1v) is 6.37. The van der Waals surface area contributed by atoms with Crippen molar-refractivity contribution in [3.63, 3.8) is 0 Å². The molecule has 0 aliphatic carbocycles. The highest BCUT2D eigenvalue weighted by molar-refractivity contribution is 5.92. The van der Waals surface area contributed by atoms with Gasteiger partial charge in [-0.1, -0.05) is 18.2 Å². The van der Waals surface area contributed by atoms with E-state index in [-0.39, 0.29) is 5.91 Å². The van der Waals surface area contributed by atoms with Crippen molar-refractivity contribution >= 4 is 12.0 Å². The lowest BCUT2D eigenvalue weighted by Gasteiger charge is -2.08. The molecule has 0 fully saturated rings. The molecule has 0 unspecified atom stereocenters. The Bertz CT molecular complexity index is 428. The smallest absolute Gasteiger partial charge is 0.244 e. The van der Waals surface area contributed by atoms with E-state index in [0.717, 1.165) is 24.3 Å². The number of carbonyl (C=O) groups excluding carboxylic acids is 1. The quantitative estimate of drug-likeness (QED) is 0.601. The number of hydrogen-bond donors (Lipinski definition) is 1. The summed E-state index contributed by atoms with van der Waals surface area (Å²) in [6.45, 7) is 1.66. The van der Waals surface area contributed by atoms with E-state index in [1.54, 1.807) is 13.2 Å². The van der Waals surface area contributed by atoms with Gasteiger partial charge >= 0.3 is 0 Å². The average Bonchev–Trinajstić information content (AvgIpc) is 2.41. The maximum Gasteiger partial charge on any atom is 0.244 e. The first kappa shape index (κ1) is 15.2. The molecule has 1 aromatic carbocycles. The van der Waals surface area contributed by atoms with E-state index in [2.05, 4.69) is 10.2 Å². The van der Waals surface area contributed by atoms with Crippen LogP contribution >= 0.6 is 0 Å². The molecule has 0 atom stereocenters. The third-order valence-electron chi connectivity index (χ3n) is 2.63. The van der Waals surface area contributed by atoms with Gasteiger partial charge < -0.3 is 15.0 Å². The van der Waals surface area contributed by atoms with Crippen molar-refractivity contribution in [1.29, 1.82) is 0 Å². The molecular formula is C15H22N2O2. The average molecular weight is 262 g/mol. The third-order valence-corrected chi connectivity index (χ3v) is 2.63. The molecule has 19 heavy (non-hydrogen) atoms. The fourth-order valence-corrected chi connectivity index (χ4v) is 1.64. The van der Waals surface area contributed by atoms with E-state index in [1.807, 2.05) is 38.4 Å². The van der Waals surface area contributed by atoms with Gasteiger partial charge in [-0.05, 0) is 39.2 Å². The van der Waals surface area contributed by atoms with Crippen LogP contribution in [0.3, 0.4) is 0 Å². The standard InChI is InChI=1S/C15H22N2O2/c1-17(2)12-6-11-16-15(18)10-9-13-7-4-5-8-14(13)19-3/h4-5,7-10H,6,11-12H2,1-3H3,(H,16,18)/b10-9+. The van der Waals surface area contributed by atoms with Crippen LogP contribution < -0.4 is 10.1 Å². The summed E-state index contributed by atoms with van der Waals surface area (Å²) < 4.78 is 5.21. The largest absolute Gasteiger partial charge is 0.496 e. The van der Waals surface area contributed by atoms with Gasteiger partial charge in [0.2, 0.25) is 5.91 Å². The number of amides is 1. The summed E-state index contributed by atoms with van der Waals surface area (Å²) in [4.78, 5) is 13.7. The van der Waals surface area contributed by atoms with E-state index >= 15 is 0 Å². The fraction of sp³-hybridized carbons (Fsp3) is 0.400. The number of nitrogens with zero attached hydrogens (tertiary/aromatic N) is 1. The first-order chi connectivity index (χ1) is 9.13. The van der Waals surface area contributed by atoms with Crippen LogP contribution in [-0.4, -0.2) is 45.1 Å². The molecule has 1 aromatic rings. The van der Waals surface area contributed by atoms with Crippen LogP contribution in [0.25, 0.3) is 6.08 Å². The van der Waals surface area contributed by atoms with Crippen molar-refractivity contribution in [3.8, 4) is 5.75 Å². The molecule has 0 aromatic heterocycles. The molecule has 0 saturated heterocycles. The normalized spacial score (nSPS) is 10.9. The fourth-order valence-electron chi connectivity index (χ4n) is 1.64. The molecule has 0 aliphatic rings. The van der Waals surface area contributed by atoms with Crippen molar-refractivity contribution in [1.82, 2.24) is 10.2 Å². The lowest BCUT2D eigenvalue weighted by atomic mass is 10.2. The van der Waals surface area contributed by atoms with E-state index in [4.69, 9.17) is 4.74 Å². The van der Waals surface area contributed by atoms with Gasteiger partial charge in [0, 0.05) is 18.2 Å². The minimum absolute atomic E-state index is 0.0790. The van der Waals surface area contributed by atoms with E-state index in [1.165, 1.54) is 6.08 Å². The molecule has 1 rings (SSSR count). The molecule has 0 saturated carbocycles. The molecule has 0 radical (unpaired) electrons. The van der Waals surface area contributed by atoms with E-state index in [9.17, 15) is 4.79 Å². The Kier molecular flexibility index (Phi) is 6.68. The second-order valence-electron chi connectivity index (χ2n) is 4.52. The number of hydrogen-bond acceptors (Lipinski definition) is 3. The zero-order chi connectivity index (χ0) is 14.1. The van der Waals surface area contributed by atoms with Gasteiger partial charge in [0.25, 0.3) is 0 Å². The Hall–Kier alpha value is -1.81. The molecule has 4 heteroatoms. The number of para-hydroxylation sites is 1. The summed E-state index contributed by atoms with van der Waals surface area (Å²) >= 11 is 0. The first-order valence-electron chi connectivity index (χ1n) is 6.37.